The van der Waals surface area contributed by atoms with Gasteiger partial charge in [0.25, 0.3) is 0 Å². The number of halogens is 2. The SMILES string of the molecule is Nc1nc2c([N+](=O)[O-])c(Nc3cc(F)cc(Cl)c3)ccc2[nH]1. The van der Waals surface area contributed by atoms with Crippen molar-refractivity contribution in [3.8, 4) is 0 Å². The highest BCUT2D eigenvalue weighted by atomic mass is 35.5. The Balaban J connectivity index is 2.13. The number of nitrogen functional groups attached to an aromatic ring is 1. The third kappa shape index (κ3) is 2.51. The quantitative estimate of drug-likeness (QED) is 0.504. The molecule has 3 aromatic rings. The number of nitrogens with two attached hydrogens (primary N) is 1. The largest absolute Gasteiger partial charge is 0.369 e. The molecule has 9 heteroatoms. The van der Waals surface area contributed by atoms with Gasteiger partial charge in [-0.05, 0) is 30.3 Å². The molecule has 1 aromatic heterocycles. The van der Waals surface area contributed by atoms with Crippen molar-refractivity contribution >= 4 is 45.6 Å². The first-order chi connectivity index (χ1) is 10.4. The second-order valence-corrected chi connectivity index (χ2v) is 4.96. The van der Waals surface area contributed by atoms with Crippen LogP contribution in [0.3, 0.4) is 0 Å². The Kier molecular flexibility index (Phi) is 3.30. The zero-order valence-electron chi connectivity index (χ0n) is 10.9. The molecule has 0 amide bonds. The average Bonchev–Trinajstić information content (AvgIpc) is 2.76. The standard InChI is InChI=1S/C13H9ClFN5O2/c14-6-3-7(15)5-8(4-6)17-10-2-1-9-11(12(10)20(21)22)19-13(16)18-9/h1-5,17H,(H3,16,18,19). The molecule has 0 radical (unpaired) electrons. The molecule has 22 heavy (non-hydrogen) atoms. The van der Waals surface area contributed by atoms with Crippen LogP contribution in [0.5, 0.6) is 0 Å². The lowest BCUT2D eigenvalue weighted by atomic mass is 10.2. The van der Waals surface area contributed by atoms with Crippen LogP contribution in [0.2, 0.25) is 5.02 Å². The molecule has 1 heterocycles. The molecule has 7 nitrogen and oxygen atoms in total. The van der Waals surface area contributed by atoms with Gasteiger partial charge in [0.05, 0.1) is 10.4 Å². The third-order valence-electron chi connectivity index (χ3n) is 2.97. The minimum Gasteiger partial charge on any atom is -0.369 e. The van der Waals surface area contributed by atoms with Crippen LogP contribution < -0.4 is 11.1 Å². The van der Waals surface area contributed by atoms with E-state index in [-0.39, 0.29) is 33.5 Å². The summed E-state index contributed by atoms with van der Waals surface area (Å²) in [5, 5.41) is 14.3. The number of fused-ring (bicyclic) bond motifs is 1. The molecule has 0 aliphatic heterocycles. The Morgan fingerprint density at radius 1 is 1.36 bits per heavy atom. The number of imidazole rings is 1. The minimum absolute atomic E-state index is 0.0732. The van der Waals surface area contributed by atoms with Gasteiger partial charge in [0.1, 0.15) is 11.5 Å². The molecule has 0 aliphatic carbocycles. The monoisotopic (exact) mass is 321 g/mol. The van der Waals surface area contributed by atoms with E-state index < -0.39 is 10.7 Å². The fourth-order valence-corrected chi connectivity index (χ4v) is 2.37. The molecule has 0 atom stereocenters. The van der Waals surface area contributed by atoms with Gasteiger partial charge >= 0.3 is 5.69 Å². The summed E-state index contributed by atoms with van der Waals surface area (Å²) in [4.78, 5) is 17.4. The van der Waals surface area contributed by atoms with E-state index in [1.54, 1.807) is 6.07 Å². The number of rotatable bonds is 3. The number of nitrogens with one attached hydrogen (secondary N) is 2. The first kappa shape index (κ1) is 14.1. The van der Waals surface area contributed by atoms with Crippen LogP contribution in [-0.2, 0) is 0 Å². The van der Waals surface area contributed by atoms with Gasteiger partial charge in [-0.3, -0.25) is 10.1 Å². The summed E-state index contributed by atoms with van der Waals surface area (Å²) in [6.07, 6.45) is 0. The molecule has 0 saturated carbocycles. The maximum absolute atomic E-state index is 13.4. The fraction of sp³-hybridized carbons (Fsp3) is 0. The molecular formula is C13H9ClFN5O2. The Hall–Kier alpha value is -2.87. The molecule has 3 rings (SSSR count). The summed E-state index contributed by atoms with van der Waals surface area (Å²) in [6, 6.07) is 6.85. The topological polar surface area (TPSA) is 110 Å². The van der Waals surface area contributed by atoms with Crippen molar-refractivity contribution in [3.05, 3.63) is 51.3 Å². The number of nitrogens with zero attached hydrogens (tertiary/aromatic N) is 2. The summed E-state index contributed by atoms with van der Waals surface area (Å²) in [5.41, 5.74) is 6.27. The van der Waals surface area contributed by atoms with Gasteiger partial charge in [0.2, 0.25) is 0 Å². The number of aromatic amines is 1. The first-order valence-corrected chi connectivity index (χ1v) is 6.47. The zero-order chi connectivity index (χ0) is 15.9. The van der Waals surface area contributed by atoms with E-state index in [1.807, 2.05) is 0 Å². The van der Waals surface area contributed by atoms with Gasteiger partial charge in [0, 0.05) is 10.7 Å². The van der Waals surface area contributed by atoms with Crippen molar-refractivity contribution in [2.24, 2.45) is 0 Å². The van der Waals surface area contributed by atoms with Gasteiger partial charge < -0.3 is 16.0 Å². The normalized spacial score (nSPS) is 10.8. The predicted octanol–water partition coefficient (Wildman–Crippen LogP) is 3.59. The highest BCUT2D eigenvalue weighted by Gasteiger charge is 2.21. The van der Waals surface area contributed by atoms with Gasteiger partial charge in [-0.2, -0.15) is 0 Å². The maximum atomic E-state index is 13.4. The van der Waals surface area contributed by atoms with Gasteiger partial charge in [-0.15, -0.1) is 0 Å². The van der Waals surface area contributed by atoms with E-state index >= 15 is 0 Å². The average molecular weight is 322 g/mol. The third-order valence-corrected chi connectivity index (χ3v) is 3.19. The van der Waals surface area contributed by atoms with E-state index in [0.29, 0.717) is 5.52 Å². The number of nitro benzene ring substituents is 1. The van der Waals surface area contributed by atoms with Gasteiger partial charge in [0.15, 0.2) is 11.5 Å². The van der Waals surface area contributed by atoms with E-state index in [2.05, 4.69) is 15.3 Å². The summed E-state index contributed by atoms with van der Waals surface area (Å²) >= 11 is 5.77. The van der Waals surface area contributed by atoms with Gasteiger partial charge in [-0.1, -0.05) is 11.6 Å². The minimum atomic E-state index is -0.578. The molecule has 0 spiro atoms. The number of anilines is 3. The number of nitro groups is 1. The van der Waals surface area contributed by atoms with Crippen molar-refractivity contribution in [2.45, 2.75) is 0 Å². The van der Waals surface area contributed by atoms with Crippen LogP contribution in [0.4, 0.5) is 27.4 Å². The van der Waals surface area contributed by atoms with Crippen LogP contribution in [0, 0.1) is 15.9 Å². The van der Waals surface area contributed by atoms with E-state index in [0.717, 1.165) is 6.07 Å². The van der Waals surface area contributed by atoms with Crippen LogP contribution in [0.15, 0.2) is 30.3 Å². The first-order valence-electron chi connectivity index (χ1n) is 6.10. The Bertz CT molecular complexity index is 875. The van der Waals surface area contributed by atoms with Crippen molar-refractivity contribution in [1.29, 1.82) is 0 Å². The number of H-pyrrole nitrogens is 1. The highest BCUT2D eigenvalue weighted by Crippen LogP contribution is 2.35. The number of hydrogen-bond donors (Lipinski definition) is 3. The van der Waals surface area contributed by atoms with E-state index in [4.69, 9.17) is 17.3 Å². The summed E-state index contributed by atoms with van der Waals surface area (Å²) < 4.78 is 13.4. The smallest absolute Gasteiger partial charge is 0.320 e. The van der Waals surface area contributed by atoms with Crippen molar-refractivity contribution in [3.63, 3.8) is 0 Å². The molecular weight excluding hydrogens is 313 g/mol. The fourth-order valence-electron chi connectivity index (χ4n) is 2.15. The Morgan fingerprint density at radius 3 is 2.82 bits per heavy atom. The second-order valence-electron chi connectivity index (χ2n) is 4.52. The van der Waals surface area contributed by atoms with E-state index in [1.165, 1.54) is 18.2 Å². The van der Waals surface area contributed by atoms with Crippen molar-refractivity contribution < 1.29 is 9.31 Å². The molecule has 2 aromatic carbocycles. The summed E-state index contributed by atoms with van der Waals surface area (Å²) in [7, 11) is 0. The molecule has 0 aliphatic rings. The predicted molar refractivity (Wildman–Crippen MR) is 81.9 cm³/mol. The lowest BCUT2D eigenvalue weighted by Crippen LogP contribution is -1.98. The Morgan fingerprint density at radius 2 is 2.14 bits per heavy atom. The molecule has 0 saturated heterocycles. The van der Waals surface area contributed by atoms with Crippen LogP contribution >= 0.6 is 11.6 Å². The number of hydrogen-bond acceptors (Lipinski definition) is 5. The zero-order valence-corrected chi connectivity index (χ0v) is 11.7. The van der Waals surface area contributed by atoms with Crippen molar-refractivity contribution in [1.82, 2.24) is 9.97 Å². The van der Waals surface area contributed by atoms with Crippen LogP contribution in [-0.4, -0.2) is 14.9 Å². The molecule has 4 N–H and O–H groups in total. The second kappa shape index (κ2) is 5.15. The summed E-state index contributed by atoms with van der Waals surface area (Å²) in [6.45, 7) is 0. The maximum Gasteiger partial charge on any atom is 0.320 e. The van der Waals surface area contributed by atoms with Crippen LogP contribution in [0.25, 0.3) is 11.0 Å². The van der Waals surface area contributed by atoms with E-state index in [9.17, 15) is 14.5 Å². The molecule has 112 valence electrons. The Labute approximate surface area is 128 Å². The lowest BCUT2D eigenvalue weighted by Gasteiger charge is -2.08. The number of benzene rings is 2. The highest BCUT2D eigenvalue weighted by molar-refractivity contribution is 6.30. The van der Waals surface area contributed by atoms with Gasteiger partial charge in [-0.25, -0.2) is 9.37 Å². The molecule has 0 unspecified atom stereocenters. The van der Waals surface area contributed by atoms with Crippen LogP contribution in [0.1, 0.15) is 0 Å². The lowest BCUT2D eigenvalue weighted by molar-refractivity contribution is -0.382. The molecule has 0 bridgehead atoms. The van der Waals surface area contributed by atoms with Crippen molar-refractivity contribution in [2.75, 3.05) is 11.1 Å². The molecule has 0 fully saturated rings. The number of aromatic nitrogens is 2. The summed E-state index contributed by atoms with van der Waals surface area (Å²) in [5.74, 6) is -0.480.